The van der Waals surface area contributed by atoms with Crippen LogP contribution < -0.4 is 4.90 Å². The second-order valence-corrected chi connectivity index (χ2v) is 9.04. The van der Waals surface area contributed by atoms with E-state index in [1.54, 1.807) is 0 Å². The summed E-state index contributed by atoms with van der Waals surface area (Å²) in [6, 6.07) is 23.5. The van der Waals surface area contributed by atoms with E-state index in [0.717, 1.165) is 48.4 Å². The maximum absolute atomic E-state index is 14.2. The molecule has 1 spiro atoms. The van der Waals surface area contributed by atoms with Crippen LogP contribution in [0.5, 0.6) is 0 Å². The standard InChI is InChI=1S/C27H25NO3/c29-24-26-18-9-2-1-6-17-23(26)27(31-26,20-13-4-3-5-14-20)25(30)28(24)22-16-10-12-19-11-7-8-15-21(19)22/h3-5,7-8,10-16,23H,1-2,6,9,17-18H2/t23-,26+,27-/m0/s1. The van der Waals surface area contributed by atoms with Crippen molar-refractivity contribution in [3.63, 3.8) is 0 Å². The molecule has 1 aliphatic carbocycles. The number of imide groups is 1. The molecule has 0 aromatic heterocycles. The van der Waals surface area contributed by atoms with Gasteiger partial charge in [0.1, 0.15) is 0 Å². The molecule has 0 N–H and O–H groups in total. The highest BCUT2D eigenvalue weighted by atomic mass is 16.6. The van der Waals surface area contributed by atoms with Crippen molar-refractivity contribution in [3.8, 4) is 0 Å². The van der Waals surface area contributed by atoms with Gasteiger partial charge in [-0.05, 0) is 29.9 Å². The number of benzene rings is 3. The quantitative estimate of drug-likeness (QED) is 0.534. The second-order valence-electron chi connectivity index (χ2n) is 9.04. The van der Waals surface area contributed by atoms with Crippen molar-refractivity contribution < 1.29 is 14.3 Å². The Kier molecular flexibility index (Phi) is 4.09. The Morgan fingerprint density at radius 2 is 1.52 bits per heavy atom. The fraction of sp³-hybridized carbons (Fsp3) is 0.333. The highest BCUT2D eigenvalue weighted by molar-refractivity contribution is 6.27. The van der Waals surface area contributed by atoms with Crippen molar-refractivity contribution in [2.24, 2.45) is 5.92 Å². The molecule has 3 atom stereocenters. The lowest BCUT2D eigenvalue weighted by atomic mass is 9.57. The van der Waals surface area contributed by atoms with Crippen LogP contribution in [-0.4, -0.2) is 17.4 Å². The van der Waals surface area contributed by atoms with Gasteiger partial charge in [-0.3, -0.25) is 9.59 Å². The van der Waals surface area contributed by atoms with Crippen LogP contribution >= 0.6 is 0 Å². The van der Waals surface area contributed by atoms with Gasteiger partial charge in [-0.25, -0.2) is 4.90 Å². The SMILES string of the molecule is O=C1N(c2cccc3ccccc23)C(=O)[C@@]2(c3ccccc3)O[C@@]13CCCCCC[C@@H]32. The largest absolute Gasteiger partial charge is 0.343 e. The first kappa shape index (κ1) is 18.8. The Morgan fingerprint density at radius 1 is 0.774 bits per heavy atom. The summed E-state index contributed by atoms with van der Waals surface area (Å²) in [6.07, 6.45) is 5.75. The lowest BCUT2D eigenvalue weighted by molar-refractivity contribution is -0.315. The van der Waals surface area contributed by atoms with Gasteiger partial charge in [0.15, 0.2) is 11.2 Å². The van der Waals surface area contributed by atoms with Crippen LogP contribution in [0.1, 0.15) is 44.1 Å². The number of ether oxygens (including phenoxy) is 1. The van der Waals surface area contributed by atoms with Crippen molar-refractivity contribution in [1.29, 1.82) is 0 Å². The highest BCUT2D eigenvalue weighted by Gasteiger charge is 2.77. The number of hydrogen-bond donors (Lipinski definition) is 0. The van der Waals surface area contributed by atoms with E-state index in [1.165, 1.54) is 4.90 Å². The van der Waals surface area contributed by atoms with E-state index < -0.39 is 11.2 Å². The van der Waals surface area contributed by atoms with Gasteiger partial charge in [-0.2, -0.15) is 0 Å². The first-order valence-corrected chi connectivity index (χ1v) is 11.3. The van der Waals surface area contributed by atoms with Crippen molar-refractivity contribution >= 4 is 28.3 Å². The van der Waals surface area contributed by atoms with Crippen molar-refractivity contribution in [2.45, 2.75) is 49.7 Å². The van der Waals surface area contributed by atoms with Crippen LogP contribution in [0.3, 0.4) is 0 Å². The zero-order chi connectivity index (χ0) is 21.1. The summed E-state index contributed by atoms with van der Waals surface area (Å²) in [4.78, 5) is 29.6. The third-order valence-corrected chi connectivity index (χ3v) is 7.48. The molecule has 0 unspecified atom stereocenters. The third-order valence-electron chi connectivity index (χ3n) is 7.48. The van der Waals surface area contributed by atoms with E-state index >= 15 is 0 Å². The van der Waals surface area contributed by atoms with Crippen LogP contribution in [-0.2, 0) is 19.9 Å². The topological polar surface area (TPSA) is 46.6 Å². The van der Waals surface area contributed by atoms with Gasteiger partial charge in [0.2, 0.25) is 0 Å². The molecule has 0 radical (unpaired) electrons. The van der Waals surface area contributed by atoms with E-state index in [-0.39, 0.29) is 17.7 Å². The summed E-state index contributed by atoms with van der Waals surface area (Å²) < 4.78 is 6.52. The number of piperidine rings is 1. The summed E-state index contributed by atoms with van der Waals surface area (Å²) in [6.45, 7) is 0. The van der Waals surface area contributed by atoms with E-state index in [2.05, 4.69) is 0 Å². The number of amides is 2. The maximum atomic E-state index is 14.2. The Balaban J connectivity index is 1.56. The van der Waals surface area contributed by atoms with E-state index in [1.807, 2.05) is 72.8 Å². The molecule has 2 bridgehead atoms. The minimum atomic E-state index is -1.08. The summed E-state index contributed by atoms with van der Waals surface area (Å²) in [5.74, 6) is -0.528. The lowest BCUT2D eigenvalue weighted by Crippen LogP contribution is -2.82. The second kappa shape index (κ2) is 6.76. The predicted molar refractivity (Wildman–Crippen MR) is 120 cm³/mol. The number of anilines is 1. The van der Waals surface area contributed by atoms with Crippen LogP contribution in [0.4, 0.5) is 5.69 Å². The number of morpholine rings is 1. The molecular formula is C27H25NO3. The third kappa shape index (κ3) is 2.40. The monoisotopic (exact) mass is 411 g/mol. The molecule has 3 aliphatic heterocycles. The number of carbonyl (C=O) groups is 2. The van der Waals surface area contributed by atoms with Crippen LogP contribution in [0.2, 0.25) is 0 Å². The molecule has 3 aromatic carbocycles. The maximum Gasteiger partial charge on any atom is 0.271 e. The first-order valence-electron chi connectivity index (χ1n) is 11.3. The fourth-order valence-electron chi connectivity index (χ4n) is 6.08. The van der Waals surface area contributed by atoms with Crippen LogP contribution in [0.15, 0.2) is 72.8 Å². The van der Waals surface area contributed by atoms with Gasteiger partial charge < -0.3 is 4.74 Å². The predicted octanol–water partition coefficient (Wildman–Crippen LogP) is 5.35. The molecular weight excluding hydrogens is 386 g/mol. The zero-order valence-corrected chi connectivity index (χ0v) is 17.4. The molecule has 1 saturated carbocycles. The number of carbonyl (C=O) groups excluding carboxylic acids is 2. The van der Waals surface area contributed by atoms with E-state index in [0.29, 0.717) is 12.1 Å². The van der Waals surface area contributed by atoms with Gasteiger partial charge in [0.05, 0.1) is 5.69 Å². The average Bonchev–Trinajstić information content (AvgIpc) is 2.79. The van der Waals surface area contributed by atoms with Crippen LogP contribution in [0.25, 0.3) is 10.8 Å². The molecule has 3 heterocycles. The summed E-state index contributed by atoms with van der Waals surface area (Å²) in [5.41, 5.74) is -0.458. The van der Waals surface area contributed by atoms with Crippen LogP contribution in [0, 0.1) is 5.92 Å². The van der Waals surface area contributed by atoms with Crippen molar-refractivity contribution in [1.82, 2.24) is 0 Å². The zero-order valence-electron chi connectivity index (χ0n) is 17.4. The fourth-order valence-corrected chi connectivity index (χ4v) is 6.08. The number of hydrogen-bond acceptors (Lipinski definition) is 3. The number of fused-ring (bicyclic) bond motifs is 3. The van der Waals surface area contributed by atoms with Crippen molar-refractivity contribution in [2.75, 3.05) is 4.90 Å². The molecule has 4 nitrogen and oxygen atoms in total. The number of nitrogens with zero attached hydrogens (tertiary/aromatic N) is 1. The minimum absolute atomic E-state index is 0.103. The molecule has 3 saturated heterocycles. The summed E-state index contributed by atoms with van der Waals surface area (Å²) in [7, 11) is 0. The lowest BCUT2D eigenvalue weighted by Gasteiger charge is -2.66. The Bertz CT molecular complexity index is 1180. The van der Waals surface area contributed by atoms with Crippen molar-refractivity contribution in [3.05, 3.63) is 78.4 Å². The van der Waals surface area contributed by atoms with Gasteiger partial charge >= 0.3 is 0 Å². The van der Waals surface area contributed by atoms with E-state index in [4.69, 9.17) is 4.74 Å². The Hall–Kier alpha value is -2.98. The summed E-state index contributed by atoms with van der Waals surface area (Å²) >= 11 is 0. The summed E-state index contributed by atoms with van der Waals surface area (Å²) in [5, 5.41) is 1.93. The van der Waals surface area contributed by atoms with Gasteiger partial charge in [-0.15, -0.1) is 0 Å². The number of rotatable bonds is 2. The van der Waals surface area contributed by atoms with Gasteiger partial charge in [0.25, 0.3) is 11.8 Å². The molecule has 3 aromatic rings. The smallest absolute Gasteiger partial charge is 0.271 e. The molecule has 31 heavy (non-hydrogen) atoms. The Labute approximate surface area is 181 Å². The molecule has 4 aliphatic rings. The molecule has 2 amide bonds. The molecule has 4 heteroatoms. The first-order chi connectivity index (χ1) is 15.2. The Morgan fingerprint density at radius 3 is 2.39 bits per heavy atom. The minimum Gasteiger partial charge on any atom is -0.343 e. The van der Waals surface area contributed by atoms with Gasteiger partial charge in [0, 0.05) is 11.3 Å². The molecule has 7 rings (SSSR count). The molecule has 156 valence electrons. The molecule has 4 fully saturated rings. The van der Waals surface area contributed by atoms with E-state index in [9.17, 15) is 9.59 Å². The van der Waals surface area contributed by atoms with Gasteiger partial charge in [-0.1, -0.05) is 92.4 Å². The highest BCUT2D eigenvalue weighted by Crippen LogP contribution is 2.63. The normalized spacial score (nSPS) is 30.3. The average molecular weight is 412 g/mol.